The first-order valence-electron chi connectivity index (χ1n) is 10.1. The number of ketones is 1. The molecule has 1 atom stereocenters. The number of nitrogens with one attached hydrogen (secondary N) is 3. The summed E-state index contributed by atoms with van der Waals surface area (Å²) in [6, 6.07) is 8.18. The van der Waals surface area contributed by atoms with Gasteiger partial charge in [0.1, 0.15) is 5.56 Å². The van der Waals surface area contributed by atoms with E-state index < -0.39 is 11.5 Å². The highest BCUT2D eigenvalue weighted by atomic mass is 16.2. The van der Waals surface area contributed by atoms with E-state index in [-0.39, 0.29) is 28.7 Å². The third kappa shape index (κ3) is 4.67. The van der Waals surface area contributed by atoms with Crippen LogP contribution < -0.4 is 16.2 Å². The number of aromatic nitrogens is 1. The fraction of sp³-hybridized carbons (Fsp3) is 0.391. The number of Topliss-reactive ketones (excluding diaryl/α,β-unsaturated/α-hetero) is 1. The zero-order valence-corrected chi connectivity index (χ0v) is 17.7. The lowest BCUT2D eigenvalue weighted by molar-refractivity contribution is -0.115. The number of pyridine rings is 1. The molecule has 0 saturated carbocycles. The van der Waals surface area contributed by atoms with E-state index >= 15 is 0 Å². The van der Waals surface area contributed by atoms with Crippen LogP contribution in [0.1, 0.15) is 78.6 Å². The zero-order chi connectivity index (χ0) is 22.1. The van der Waals surface area contributed by atoms with Crippen LogP contribution in [0.3, 0.4) is 0 Å². The Morgan fingerprint density at radius 2 is 1.80 bits per heavy atom. The number of hydrogen-bond donors (Lipinski definition) is 3. The molecule has 1 aliphatic carbocycles. The fourth-order valence-corrected chi connectivity index (χ4v) is 3.66. The molecule has 3 N–H and O–H groups in total. The van der Waals surface area contributed by atoms with Crippen LogP contribution in [0.2, 0.25) is 0 Å². The maximum absolute atomic E-state index is 12.7. The monoisotopic (exact) mass is 409 g/mol. The van der Waals surface area contributed by atoms with Gasteiger partial charge in [-0.3, -0.25) is 19.2 Å². The molecule has 0 radical (unpaired) electrons. The maximum atomic E-state index is 12.7. The average molecular weight is 409 g/mol. The summed E-state index contributed by atoms with van der Waals surface area (Å²) >= 11 is 0. The topological polar surface area (TPSA) is 108 Å². The van der Waals surface area contributed by atoms with Crippen molar-refractivity contribution in [2.75, 3.05) is 5.32 Å². The predicted octanol–water partition coefficient (Wildman–Crippen LogP) is 3.37. The van der Waals surface area contributed by atoms with Crippen molar-refractivity contribution in [1.29, 1.82) is 0 Å². The Bertz CT molecular complexity index is 1050. The quantitative estimate of drug-likeness (QED) is 0.703. The second kappa shape index (κ2) is 8.26. The normalized spacial score (nSPS) is 15.8. The van der Waals surface area contributed by atoms with Gasteiger partial charge in [-0.1, -0.05) is 32.9 Å². The zero-order valence-electron chi connectivity index (χ0n) is 17.7. The number of amides is 2. The average Bonchev–Trinajstić information content (AvgIpc) is 2.66. The van der Waals surface area contributed by atoms with Gasteiger partial charge in [0.05, 0.1) is 6.04 Å². The van der Waals surface area contributed by atoms with Crippen molar-refractivity contribution in [3.63, 3.8) is 0 Å². The molecule has 158 valence electrons. The molecule has 7 nitrogen and oxygen atoms in total. The molecule has 2 amide bonds. The molecule has 0 saturated heterocycles. The van der Waals surface area contributed by atoms with Gasteiger partial charge in [-0.2, -0.15) is 0 Å². The molecule has 0 spiro atoms. The Labute approximate surface area is 175 Å². The minimum Gasteiger partial charge on any atom is -0.345 e. The molecule has 7 heteroatoms. The smallest absolute Gasteiger partial charge is 0.261 e. The number of carbonyl (C=O) groups is 3. The lowest BCUT2D eigenvalue weighted by atomic mass is 9.75. The molecule has 1 aromatic carbocycles. The lowest BCUT2D eigenvalue weighted by Gasteiger charge is -2.29. The van der Waals surface area contributed by atoms with Crippen molar-refractivity contribution >= 4 is 23.3 Å². The lowest BCUT2D eigenvalue weighted by Crippen LogP contribution is -2.35. The van der Waals surface area contributed by atoms with Crippen molar-refractivity contribution in [3.05, 3.63) is 63.1 Å². The van der Waals surface area contributed by atoms with Crippen molar-refractivity contribution < 1.29 is 14.4 Å². The van der Waals surface area contributed by atoms with Gasteiger partial charge in [-0.15, -0.1) is 0 Å². The second-order valence-electron chi connectivity index (χ2n) is 8.56. The fourth-order valence-electron chi connectivity index (χ4n) is 3.66. The number of aromatic amines is 1. The minimum atomic E-state index is -0.535. The van der Waals surface area contributed by atoms with E-state index in [1.165, 1.54) is 6.07 Å². The molecule has 1 aliphatic rings. The Balaban J connectivity index is 1.76. The molecule has 0 aliphatic heterocycles. The summed E-state index contributed by atoms with van der Waals surface area (Å²) in [6.45, 7) is 7.54. The molecular weight excluding hydrogens is 382 g/mol. The number of hydrogen-bond acceptors (Lipinski definition) is 4. The van der Waals surface area contributed by atoms with E-state index in [1.807, 2.05) is 13.8 Å². The van der Waals surface area contributed by atoms with Gasteiger partial charge in [0, 0.05) is 29.8 Å². The SMILES string of the molecule is CCC(=O)Nc1ccc(C(C)NC(=O)c2cc3c([nH]c2=O)CC(C)(C)CC3=O)cc1. The summed E-state index contributed by atoms with van der Waals surface area (Å²) in [5.41, 5.74) is 1.73. The summed E-state index contributed by atoms with van der Waals surface area (Å²) in [5.74, 6) is -0.675. The van der Waals surface area contributed by atoms with Crippen LogP contribution in [-0.2, 0) is 11.2 Å². The second-order valence-corrected chi connectivity index (χ2v) is 8.56. The third-order valence-electron chi connectivity index (χ3n) is 5.33. The van der Waals surface area contributed by atoms with Crippen molar-refractivity contribution in [2.24, 2.45) is 5.41 Å². The van der Waals surface area contributed by atoms with Gasteiger partial charge in [-0.25, -0.2) is 0 Å². The van der Waals surface area contributed by atoms with E-state index in [0.29, 0.717) is 36.2 Å². The number of benzene rings is 1. The van der Waals surface area contributed by atoms with Gasteiger partial charge >= 0.3 is 0 Å². The van der Waals surface area contributed by atoms with E-state index in [4.69, 9.17) is 0 Å². The Morgan fingerprint density at radius 1 is 1.13 bits per heavy atom. The maximum Gasteiger partial charge on any atom is 0.261 e. The number of rotatable bonds is 5. The van der Waals surface area contributed by atoms with Crippen LogP contribution in [-0.4, -0.2) is 22.6 Å². The Kier molecular flexibility index (Phi) is 5.92. The first-order chi connectivity index (χ1) is 14.1. The van der Waals surface area contributed by atoms with E-state index in [0.717, 1.165) is 5.56 Å². The van der Waals surface area contributed by atoms with E-state index in [9.17, 15) is 19.2 Å². The molecule has 0 fully saturated rings. The van der Waals surface area contributed by atoms with Crippen LogP contribution in [0.15, 0.2) is 35.1 Å². The molecule has 1 aromatic heterocycles. The molecular formula is C23H27N3O4. The summed E-state index contributed by atoms with van der Waals surface area (Å²) in [4.78, 5) is 51.9. The minimum absolute atomic E-state index is 0.0655. The van der Waals surface area contributed by atoms with Gasteiger partial charge in [0.15, 0.2) is 5.78 Å². The van der Waals surface area contributed by atoms with Gasteiger partial charge in [0.2, 0.25) is 5.91 Å². The number of carbonyl (C=O) groups excluding carboxylic acids is 3. The van der Waals surface area contributed by atoms with Gasteiger partial charge in [-0.05, 0) is 42.5 Å². The van der Waals surface area contributed by atoms with E-state index in [2.05, 4.69) is 15.6 Å². The highest BCUT2D eigenvalue weighted by Crippen LogP contribution is 2.33. The summed E-state index contributed by atoms with van der Waals surface area (Å²) in [5, 5.41) is 5.57. The van der Waals surface area contributed by atoms with Crippen LogP contribution >= 0.6 is 0 Å². The first-order valence-corrected chi connectivity index (χ1v) is 10.1. The van der Waals surface area contributed by atoms with Crippen molar-refractivity contribution in [3.8, 4) is 0 Å². The van der Waals surface area contributed by atoms with E-state index in [1.54, 1.807) is 38.1 Å². The summed E-state index contributed by atoms with van der Waals surface area (Å²) in [7, 11) is 0. The number of H-pyrrole nitrogens is 1. The largest absolute Gasteiger partial charge is 0.345 e. The molecule has 0 bridgehead atoms. The van der Waals surface area contributed by atoms with Crippen LogP contribution in [0.25, 0.3) is 0 Å². The Morgan fingerprint density at radius 3 is 2.43 bits per heavy atom. The van der Waals surface area contributed by atoms with Crippen molar-refractivity contribution in [2.45, 2.75) is 53.0 Å². The highest BCUT2D eigenvalue weighted by Gasteiger charge is 2.32. The third-order valence-corrected chi connectivity index (χ3v) is 5.33. The van der Waals surface area contributed by atoms with Gasteiger partial charge in [0.25, 0.3) is 11.5 Å². The first kappa shape index (κ1) is 21.5. The summed E-state index contributed by atoms with van der Waals surface area (Å²) < 4.78 is 0. The highest BCUT2D eigenvalue weighted by molar-refractivity contribution is 6.02. The van der Waals surface area contributed by atoms with Crippen molar-refractivity contribution in [1.82, 2.24) is 10.3 Å². The van der Waals surface area contributed by atoms with Crippen LogP contribution in [0, 0.1) is 5.41 Å². The standard InChI is InChI=1S/C23H27N3O4/c1-5-20(28)25-15-8-6-14(7-9-15)13(2)24-21(29)17-10-16-18(26-22(17)30)11-23(3,4)12-19(16)27/h6-10,13H,5,11-12H2,1-4H3,(H,24,29)(H,25,28)(H,26,30). The molecule has 30 heavy (non-hydrogen) atoms. The molecule has 3 rings (SSSR count). The molecule has 1 heterocycles. The van der Waals surface area contributed by atoms with Gasteiger partial charge < -0.3 is 15.6 Å². The number of fused-ring (bicyclic) bond motifs is 1. The van der Waals surface area contributed by atoms with Crippen LogP contribution in [0.5, 0.6) is 0 Å². The number of anilines is 1. The molecule has 1 unspecified atom stereocenters. The predicted molar refractivity (Wildman–Crippen MR) is 115 cm³/mol. The Hall–Kier alpha value is -3.22. The summed E-state index contributed by atoms with van der Waals surface area (Å²) in [6.07, 6.45) is 1.36. The molecule has 2 aromatic rings. The van der Waals surface area contributed by atoms with Crippen LogP contribution in [0.4, 0.5) is 5.69 Å².